The molecule has 0 aliphatic heterocycles. The van der Waals surface area contributed by atoms with E-state index in [2.05, 4.69) is 10.4 Å². The Bertz CT molecular complexity index is 314. The van der Waals surface area contributed by atoms with Crippen molar-refractivity contribution in [2.45, 2.75) is 31.8 Å². The van der Waals surface area contributed by atoms with Crippen LogP contribution in [-0.2, 0) is 0 Å². The minimum absolute atomic E-state index is 0.546. The van der Waals surface area contributed by atoms with Crippen LogP contribution in [0.15, 0.2) is 40.7 Å². The lowest BCUT2D eigenvalue weighted by Gasteiger charge is -2.14. The van der Waals surface area contributed by atoms with Crippen molar-refractivity contribution in [1.29, 1.82) is 0 Å². The molecule has 15 heavy (non-hydrogen) atoms. The van der Waals surface area contributed by atoms with Gasteiger partial charge in [-0.2, -0.15) is 9.81 Å². The maximum Gasteiger partial charge on any atom is 0.143 e. The maximum absolute atomic E-state index is 10.7. The van der Waals surface area contributed by atoms with Crippen LogP contribution in [0.3, 0.4) is 0 Å². The molecule has 0 N–H and O–H groups in total. The summed E-state index contributed by atoms with van der Waals surface area (Å²) in [6.07, 6.45) is 1.41. The van der Waals surface area contributed by atoms with E-state index in [1.807, 2.05) is 25.1 Å². The van der Waals surface area contributed by atoms with Gasteiger partial charge >= 0.3 is 0 Å². The van der Waals surface area contributed by atoms with Crippen LogP contribution in [0.2, 0.25) is 0 Å². The molecular weight excluding hydrogens is 192 g/mol. The Morgan fingerprint density at radius 1 is 1.13 bits per heavy atom. The van der Waals surface area contributed by atoms with Crippen LogP contribution in [0.5, 0.6) is 0 Å². The van der Waals surface area contributed by atoms with Crippen LogP contribution in [0.1, 0.15) is 31.4 Å². The van der Waals surface area contributed by atoms with Crippen molar-refractivity contribution in [2.24, 2.45) is 10.4 Å². The standard InChI is InChI=1S/C11H14N2O2/c1-2-6-10(12-14)11(13-15)9-7-4-3-5-8-9/h3-5,7-8,10-11H,2,6H2,1H3. The summed E-state index contributed by atoms with van der Waals surface area (Å²) in [5, 5.41) is 5.99. The number of nitroso groups, excluding NO2 is 2. The molecular formula is C11H14N2O2. The molecule has 0 aliphatic rings. The fourth-order valence-corrected chi connectivity index (χ4v) is 1.57. The lowest BCUT2D eigenvalue weighted by Crippen LogP contribution is -2.13. The van der Waals surface area contributed by atoms with Crippen molar-refractivity contribution >= 4 is 0 Å². The zero-order valence-electron chi connectivity index (χ0n) is 8.67. The summed E-state index contributed by atoms with van der Waals surface area (Å²) in [6.45, 7) is 1.95. The minimum atomic E-state index is -0.649. The number of hydrogen-bond acceptors (Lipinski definition) is 4. The second kappa shape index (κ2) is 6.01. The van der Waals surface area contributed by atoms with E-state index >= 15 is 0 Å². The molecule has 0 fully saturated rings. The van der Waals surface area contributed by atoms with Gasteiger partial charge in [0.2, 0.25) is 0 Å². The SMILES string of the molecule is CCCC(N=O)C(N=O)c1ccccc1. The van der Waals surface area contributed by atoms with E-state index in [1.54, 1.807) is 12.1 Å². The van der Waals surface area contributed by atoms with Crippen molar-refractivity contribution in [3.8, 4) is 0 Å². The molecule has 2 unspecified atom stereocenters. The molecule has 0 radical (unpaired) electrons. The van der Waals surface area contributed by atoms with Gasteiger partial charge in [0.1, 0.15) is 12.1 Å². The Kier molecular flexibility index (Phi) is 4.60. The van der Waals surface area contributed by atoms with E-state index in [9.17, 15) is 9.81 Å². The first-order valence-electron chi connectivity index (χ1n) is 5.03. The molecule has 1 aromatic carbocycles. The largest absolute Gasteiger partial charge is 0.150 e. The van der Waals surface area contributed by atoms with Crippen LogP contribution >= 0.6 is 0 Å². The van der Waals surface area contributed by atoms with Gasteiger partial charge in [0.05, 0.1) is 0 Å². The fraction of sp³-hybridized carbons (Fsp3) is 0.455. The highest BCUT2D eigenvalue weighted by Crippen LogP contribution is 2.25. The molecule has 0 saturated heterocycles. The molecule has 2 atom stereocenters. The topological polar surface area (TPSA) is 58.9 Å². The summed E-state index contributed by atoms with van der Waals surface area (Å²) in [4.78, 5) is 21.4. The molecule has 0 aromatic heterocycles. The van der Waals surface area contributed by atoms with E-state index in [0.717, 1.165) is 12.0 Å². The van der Waals surface area contributed by atoms with E-state index < -0.39 is 12.1 Å². The summed E-state index contributed by atoms with van der Waals surface area (Å²) in [5.41, 5.74) is 0.755. The Balaban J connectivity index is 2.87. The van der Waals surface area contributed by atoms with Crippen LogP contribution in [0.25, 0.3) is 0 Å². The third-order valence-corrected chi connectivity index (χ3v) is 2.34. The molecule has 0 amide bonds. The summed E-state index contributed by atoms with van der Waals surface area (Å²) >= 11 is 0. The van der Waals surface area contributed by atoms with Crippen molar-refractivity contribution < 1.29 is 0 Å². The average molecular weight is 206 g/mol. The molecule has 0 saturated carbocycles. The Morgan fingerprint density at radius 2 is 1.80 bits per heavy atom. The highest BCUT2D eigenvalue weighted by atomic mass is 16.3. The number of benzene rings is 1. The van der Waals surface area contributed by atoms with Crippen LogP contribution in [0, 0.1) is 9.81 Å². The number of nitrogens with zero attached hydrogens (tertiary/aromatic N) is 2. The number of hydrogen-bond donors (Lipinski definition) is 0. The summed E-state index contributed by atoms with van der Waals surface area (Å²) in [5.74, 6) is 0. The van der Waals surface area contributed by atoms with Crippen molar-refractivity contribution in [2.75, 3.05) is 0 Å². The first kappa shape index (κ1) is 11.5. The van der Waals surface area contributed by atoms with Crippen LogP contribution in [0.4, 0.5) is 0 Å². The van der Waals surface area contributed by atoms with Gasteiger partial charge in [0, 0.05) is 0 Å². The molecule has 0 spiro atoms. The average Bonchev–Trinajstić information content (AvgIpc) is 2.30. The minimum Gasteiger partial charge on any atom is -0.150 e. The van der Waals surface area contributed by atoms with E-state index in [1.165, 1.54) is 0 Å². The van der Waals surface area contributed by atoms with Crippen molar-refractivity contribution in [3.63, 3.8) is 0 Å². The van der Waals surface area contributed by atoms with Crippen molar-refractivity contribution in [1.82, 2.24) is 0 Å². The molecule has 1 rings (SSSR count). The highest BCUT2D eigenvalue weighted by Gasteiger charge is 2.24. The van der Waals surface area contributed by atoms with E-state index in [0.29, 0.717) is 6.42 Å². The fourth-order valence-electron chi connectivity index (χ4n) is 1.57. The Labute approximate surface area is 88.6 Å². The van der Waals surface area contributed by atoms with Crippen LogP contribution in [-0.4, -0.2) is 6.04 Å². The van der Waals surface area contributed by atoms with Gasteiger partial charge in [-0.1, -0.05) is 54.0 Å². The highest BCUT2D eigenvalue weighted by molar-refractivity contribution is 5.20. The van der Waals surface area contributed by atoms with Gasteiger partial charge in [0.15, 0.2) is 0 Å². The summed E-state index contributed by atoms with van der Waals surface area (Å²) in [7, 11) is 0. The molecule has 4 heteroatoms. The third kappa shape index (κ3) is 2.94. The third-order valence-electron chi connectivity index (χ3n) is 2.34. The second-order valence-electron chi connectivity index (χ2n) is 3.42. The van der Waals surface area contributed by atoms with Gasteiger partial charge < -0.3 is 0 Å². The number of rotatable bonds is 6. The predicted molar refractivity (Wildman–Crippen MR) is 59.5 cm³/mol. The quantitative estimate of drug-likeness (QED) is 0.669. The Hall–Kier alpha value is -1.58. The molecule has 4 nitrogen and oxygen atoms in total. The predicted octanol–water partition coefficient (Wildman–Crippen LogP) is 3.43. The smallest absolute Gasteiger partial charge is 0.143 e. The molecule has 1 aromatic rings. The lowest BCUT2D eigenvalue weighted by molar-refractivity contribution is 0.505. The molecule has 80 valence electrons. The van der Waals surface area contributed by atoms with Crippen LogP contribution < -0.4 is 0 Å². The van der Waals surface area contributed by atoms with Gasteiger partial charge in [-0.15, -0.1) is 0 Å². The zero-order valence-corrected chi connectivity index (χ0v) is 8.67. The normalized spacial score (nSPS) is 14.2. The van der Waals surface area contributed by atoms with E-state index in [-0.39, 0.29) is 0 Å². The summed E-state index contributed by atoms with van der Waals surface area (Å²) < 4.78 is 0. The first-order valence-corrected chi connectivity index (χ1v) is 5.03. The van der Waals surface area contributed by atoms with Gasteiger partial charge in [-0.25, -0.2) is 0 Å². The monoisotopic (exact) mass is 206 g/mol. The molecule has 0 heterocycles. The van der Waals surface area contributed by atoms with Gasteiger partial charge in [0.25, 0.3) is 0 Å². The van der Waals surface area contributed by atoms with Gasteiger partial charge in [-0.3, -0.25) is 0 Å². The zero-order chi connectivity index (χ0) is 11.1. The van der Waals surface area contributed by atoms with Crippen molar-refractivity contribution in [3.05, 3.63) is 45.7 Å². The molecule has 0 bridgehead atoms. The summed E-state index contributed by atoms with van der Waals surface area (Å²) in [6, 6.07) is 7.88. The second-order valence-corrected chi connectivity index (χ2v) is 3.42. The maximum atomic E-state index is 10.7. The Morgan fingerprint density at radius 3 is 2.27 bits per heavy atom. The molecule has 0 aliphatic carbocycles. The lowest BCUT2D eigenvalue weighted by atomic mass is 9.97. The van der Waals surface area contributed by atoms with Gasteiger partial charge in [-0.05, 0) is 12.0 Å². The first-order chi connectivity index (χ1) is 7.33. The van der Waals surface area contributed by atoms with E-state index in [4.69, 9.17) is 0 Å².